The van der Waals surface area contributed by atoms with Crippen molar-refractivity contribution in [2.45, 2.75) is 67.7 Å². The molecule has 0 amide bonds. The van der Waals surface area contributed by atoms with Gasteiger partial charge in [0.15, 0.2) is 0 Å². The van der Waals surface area contributed by atoms with E-state index < -0.39 is 0 Å². The molecule has 0 saturated heterocycles. The minimum Gasteiger partial charge on any atom is -0.0602 e. The van der Waals surface area contributed by atoms with Gasteiger partial charge in [0.05, 0.1) is 0 Å². The van der Waals surface area contributed by atoms with Crippen molar-refractivity contribution in [2.75, 3.05) is 0 Å². The lowest BCUT2D eigenvalue weighted by molar-refractivity contribution is 0.203. The molecule has 1 aliphatic carbocycles. The van der Waals surface area contributed by atoms with Gasteiger partial charge in [-0.25, -0.2) is 0 Å². The topological polar surface area (TPSA) is 0 Å². The molecule has 1 aliphatic rings. The third-order valence-corrected chi connectivity index (χ3v) is 4.37. The maximum atomic E-state index is 2.47. The first-order valence-electron chi connectivity index (χ1n) is 6.06. The van der Waals surface area contributed by atoms with Crippen molar-refractivity contribution in [3.63, 3.8) is 0 Å². The van der Waals surface area contributed by atoms with Crippen LogP contribution in [0.25, 0.3) is 0 Å². The number of hydrogen-bond acceptors (Lipinski definition) is 0. The summed E-state index contributed by atoms with van der Waals surface area (Å²) >= 11 is 0. The van der Waals surface area contributed by atoms with Gasteiger partial charge in [-0.05, 0) is 41.4 Å². The van der Waals surface area contributed by atoms with Crippen molar-refractivity contribution in [2.24, 2.45) is 22.2 Å². The summed E-state index contributed by atoms with van der Waals surface area (Å²) in [5.41, 5.74) is 1.63. The molecule has 1 saturated carbocycles. The Bertz CT molecular complexity index is 201. The summed E-state index contributed by atoms with van der Waals surface area (Å²) in [5, 5.41) is 0. The second-order valence-corrected chi connectivity index (χ2v) is 7.67. The van der Waals surface area contributed by atoms with Crippen LogP contribution in [0.5, 0.6) is 0 Å². The van der Waals surface area contributed by atoms with Crippen LogP contribution in [-0.2, 0) is 0 Å². The van der Waals surface area contributed by atoms with Crippen LogP contribution < -0.4 is 0 Å². The first-order chi connectivity index (χ1) is 6.06. The predicted octanol–water partition coefficient (Wildman–Crippen LogP) is 4.89. The highest BCUT2D eigenvalue weighted by Gasteiger charge is 2.56. The van der Waals surface area contributed by atoms with Crippen LogP contribution in [0.3, 0.4) is 0 Å². The summed E-state index contributed by atoms with van der Waals surface area (Å²) in [6.45, 7) is 16.7. The molecule has 84 valence electrons. The lowest BCUT2D eigenvalue weighted by atomic mass is 9.76. The van der Waals surface area contributed by atoms with Crippen LogP contribution in [-0.4, -0.2) is 0 Å². The fourth-order valence-electron chi connectivity index (χ4n) is 2.40. The van der Waals surface area contributed by atoms with Gasteiger partial charge in [0.1, 0.15) is 0 Å². The monoisotopic (exact) mass is 196 g/mol. The summed E-state index contributed by atoms with van der Waals surface area (Å²) in [6, 6.07) is 0. The van der Waals surface area contributed by atoms with E-state index in [0.29, 0.717) is 16.2 Å². The van der Waals surface area contributed by atoms with Crippen LogP contribution in [0.1, 0.15) is 67.7 Å². The van der Waals surface area contributed by atoms with E-state index in [4.69, 9.17) is 0 Å². The van der Waals surface area contributed by atoms with Gasteiger partial charge in [-0.3, -0.25) is 0 Å². The lowest BCUT2D eigenvalue weighted by Gasteiger charge is -2.29. The van der Waals surface area contributed by atoms with Crippen molar-refractivity contribution in [3.05, 3.63) is 0 Å². The summed E-state index contributed by atoms with van der Waals surface area (Å²) in [6.07, 6.45) is 4.26. The van der Waals surface area contributed by atoms with Crippen LogP contribution in [0, 0.1) is 22.2 Å². The van der Waals surface area contributed by atoms with Crippen molar-refractivity contribution >= 4 is 0 Å². The molecule has 0 N–H and O–H groups in total. The van der Waals surface area contributed by atoms with Crippen LogP contribution in [0.2, 0.25) is 0 Å². The molecular formula is C14H28. The van der Waals surface area contributed by atoms with Crippen LogP contribution in [0.4, 0.5) is 0 Å². The third kappa shape index (κ3) is 2.52. The van der Waals surface area contributed by atoms with Crippen molar-refractivity contribution in [3.8, 4) is 0 Å². The van der Waals surface area contributed by atoms with E-state index in [1.807, 2.05) is 0 Å². The number of hydrogen-bond donors (Lipinski definition) is 0. The zero-order valence-corrected chi connectivity index (χ0v) is 11.2. The molecule has 1 rings (SSSR count). The first-order valence-corrected chi connectivity index (χ1v) is 6.06. The normalized spacial score (nSPS) is 33.2. The fraction of sp³-hybridized carbons (Fsp3) is 1.00. The summed E-state index contributed by atoms with van der Waals surface area (Å²) in [5.74, 6) is 0.988. The summed E-state index contributed by atoms with van der Waals surface area (Å²) in [4.78, 5) is 0. The maximum Gasteiger partial charge on any atom is -0.0246 e. The SMILES string of the molecule is CC(C)(C)CCC1CC1(C)C(C)(C)C. The van der Waals surface area contributed by atoms with Crippen molar-refractivity contribution in [1.82, 2.24) is 0 Å². The Balaban J connectivity index is 2.40. The Kier molecular flexibility index (Phi) is 2.80. The molecule has 0 aromatic carbocycles. The molecule has 1 fully saturated rings. The van der Waals surface area contributed by atoms with Crippen molar-refractivity contribution in [1.29, 1.82) is 0 Å². The molecule has 0 heterocycles. The molecular weight excluding hydrogens is 168 g/mol. The molecule has 0 heteroatoms. The van der Waals surface area contributed by atoms with E-state index in [1.165, 1.54) is 19.3 Å². The smallest absolute Gasteiger partial charge is 0.0246 e. The van der Waals surface area contributed by atoms with Gasteiger partial charge >= 0.3 is 0 Å². The molecule has 14 heavy (non-hydrogen) atoms. The molecule has 0 nitrogen and oxygen atoms in total. The van der Waals surface area contributed by atoms with Gasteiger partial charge in [0.25, 0.3) is 0 Å². The highest BCUT2D eigenvalue weighted by molar-refractivity contribution is 5.05. The summed E-state index contributed by atoms with van der Waals surface area (Å²) < 4.78 is 0. The Labute approximate surface area is 90.5 Å². The van der Waals surface area contributed by atoms with Gasteiger partial charge in [-0.2, -0.15) is 0 Å². The molecule has 2 unspecified atom stereocenters. The minimum absolute atomic E-state index is 0.496. The highest BCUT2D eigenvalue weighted by Crippen LogP contribution is 2.64. The zero-order chi connectivity index (χ0) is 11.2. The van der Waals surface area contributed by atoms with E-state index in [-0.39, 0.29) is 0 Å². The number of rotatable bonds is 2. The molecule has 0 aliphatic heterocycles. The van der Waals surface area contributed by atoms with Gasteiger partial charge in [-0.1, -0.05) is 48.5 Å². The first kappa shape index (κ1) is 12.1. The van der Waals surface area contributed by atoms with E-state index in [9.17, 15) is 0 Å². The van der Waals surface area contributed by atoms with E-state index in [0.717, 1.165) is 5.92 Å². The molecule has 2 atom stereocenters. The van der Waals surface area contributed by atoms with Crippen LogP contribution in [0.15, 0.2) is 0 Å². The largest absolute Gasteiger partial charge is 0.0602 e. The molecule has 0 bridgehead atoms. The van der Waals surface area contributed by atoms with Crippen LogP contribution >= 0.6 is 0 Å². The average molecular weight is 196 g/mol. The minimum atomic E-state index is 0.496. The van der Waals surface area contributed by atoms with Gasteiger partial charge in [0.2, 0.25) is 0 Å². The molecule has 0 aromatic heterocycles. The Morgan fingerprint density at radius 3 is 1.86 bits per heavy atom. The maximum absolute atomic E-state index is 2.47. The van der Waals surface area contributed by atoms with Gasteiger partial charge in [0, 0.05) is 0 Å². The van der Waals surface area contributed by atoms with Crippen molar-refractivity contribution < 1.29 is 0 Å². The predicted molar refractivity (Wildman–Crippen MR) is 64.4 cm³/mol. The molecule has 0 aromatic rings. The zero-order valence-electron chi connectivity index (χ0n) is 11.2. The van der Waals surface area contributed by atoms with E-state index in [1.54, 1.807) is 0 Å². The average Bonchev–Trinajstić information content (AvgIpc) is 2.56. The van der Waals surface area contributed by atoms with Gasteiger partial charge in [-0.15, -0.1) is 0 Å². The quantitative estimate of drug-likeness (QED) is 0.590. The molecule has 0 radical (unpaired) electrons. The van der Waals surface area contributed by atoms with E-state index in [2.05, 4.69) is 48.5 Å². The standard InChI is InChI=1S/C14H28/c1-12(2,3)9-8-11-10-14(11,7)13(4,5)6/h11H,8-10H2,1-7H3. The fourth-order valence-corrected chi connectivity index (χ4v) is 2.40. The second kappa shape index (κ2) is 3.25. The Morgan fingerprint density at radius 2 is 1.57 bits per heavy atom. The second-order valence-electron chi connectivity index (χ2n) is 7.67. The Morgan fingerprint density at radius 1 is 1.07 bits per heavy atom. The summed E-state index contributed by atoms with van der Waals surface area (Å²) in [7, 11) is 0. The lowest BCUT2D eigenvalue weighted by Crippen LogP contribution is -2.21. The molecule has 0 spiro atoms. The third-order valence-electron chi connectivity index (χ3n) is 4.37. The van der Waals surface area contributed by atoms with E-state index >= 15 is 0 Å². The highest BCUT2D eigenvalue weighted by atomic mass is 14.6. The Hall–Kier alpha value is 0. The van der Waals surface area contributed by atoms with Gasteiger partial charge < -0.3 is 0 Å².